The highest BCUT2D eigenvalue weighted by Gasteiger charge is 2.53. The second-order valence-electron chi connectivity index (χ2n) is 3.49. The molecule has 0 unspecified atom stereocenters. The summed E-state index contributed by atoms with van der Waals surface area (Å²) in [5.74, 6) is 0. The third-order valence-electron chi connectivity index (χ3n) is 2.69. The summed E-state index contributed by atoms with van der Waals surface area (Å²) in [7, 11) is 0. The van der Waals surface area contributed by atoms with Gasteiger partial charge in [-0.3, -0.25) is 0 Å². The van der Waals surface area contributed by atoms with E-state index in [4.69, 9.17) is 5.73 Å². The van der Waals surface area contributed by atoms with Gasteiger partial charge in [0.05, 0.1) is 5.60 Å². The van der Waals surface area contributed by atoms with E-state index in [0.717, 1.165) is 0 Å². The van der Waals surface area contributed by atoms with E-state index in [1.165, 1.54) is 13.8 Å². The number of aliphatic hydroxyl groups is 1. The summed E-state index contributed by atoms with van der Waals surface area (Å²) in [6.45, 7) is 2.87. The largest absolute Gasteiger partial charge is 0.387 e. The van der Waals surface area contributed by atoms with Gasteiger partial charge in [-0.2, -0.15) is 0 Å². The Bertz CT molecular complexity index is 145. The Hall–Kier alpha value is -0.150. The molecule has 3 atom stereocenters. The van der Waals surface area contributed by atoms with Gasteiger partial charge >= 0.3 is 0 Å². The van der Waals surface area contributed by atoms with Gasteiger partial charge in [-0.25, -0.2) is 4.39 Å². The molecule has 60 valence electrons. The van der Waals surface area contributed by atoms with Crippen molar-refractivity contribution >= 4 is 0 Å². The van der Waals surface area contributed by atoms with Crippen LogP contribution >= 0.6 is 0 Å². The van der Waals surface area contributed by atoms with Crippen molar-refractivity contribution in [3.05, 3.63) is 0 Å². The molecule has 2 nitrogen and oxygen atoms in total. The van der Waals surface area contributed by atoms with Gasteiger partial charge in [-0.05, 0) is 26.7 Å². The second kappa shape index (κ2) is 1.92. The highest BCUT2D eigenvalue weighted by molar-refractivity contribution is 5.07. The van der Waals surface area contributed by atoms with E-state index in [2.05, 4.69) is 0 Å². The summed E-state index contributed by atoms with van der Waals surface area (Å²) in [4.78, 5) is 0. The SMILES string of the molecule is C[C@@]1(O)CC[C@@H](N)[C@@]1(C)F. The zero-order chi connectivity index (χ0) is 7.99. The molecule has 0 spiro atoms. The number of hydrogen-bond acceptors (Lipinski definition) is 2. The first-order valence-electron chi connectivity index (χ1n) is 3.55. The minimum absolute atomic E-state index is 0.459. The fourth-order valence-corrected chi connectivity index (χ4v) is 1.35. The number of rotatable bonds is 0. The lowest BCUT2D eigenvalue weighted by Gasteiger charge is -2.31. The third kappa shape index (κ3) is 0.847. The molecule has 0 aliphatic heterocycles. The molecule has 0 aromatic heterocycles. The van der Waals surface area contributed by atoms with Crippen LogP contribution in [0.3, 0.4) is 0 Å². The van der Waals surface area contributed by atoms with Crippen molar-refractivity contribution in [2.45, 2.75) is 44.0 Å². The highest BCUT2D eigenvalue weighted by atomic mass is 19.1. The normalized spacial score (nSPS) is 55.5. The van der Waals surface area contributed by atoms with Crippen LogP contribution in [0.4, 0.5) is 4.39 Å². The Morgan fingerprint density at radius 2 is 2.10 bits per heavy atom. The zero-order valence-electron chi connectivity index (χ0n) is 6.39. The Morgan fingerprint density at radius 3 is 2.20 bits per heavy atom. The van der Waals surface area contributed by atoms with E-state index in [1.54, 1.807) is 0 Å². The predicted molar refractivity (Wildman–Crippen MR) is 37.3 cm³/mol. The molecule has 3 N–H and O–H groups in total. The van der Waals surface area contributed by atoms with Gasteiger partial charge in [0.2, 0.25) is 0 Å². The Balaban J connectivity index is 2.84. The molecule has 0 saturated heterocycles. The molecule has 1 aliphatic rings. The van der Waals surface area contributed by atoms with Crippen molar-refractivity contribution in [3.63, 3.8) is 0 Å². The first-order valence-corrected chi connectivity index (χ1v) is 3.55. The monoisotopic (exact) mass is 147 g/mol. The van der Waals surface area contributed by atoms with E-state index < -0.39 is 17.3 Å². The second-order valence-corrected chi connectivity index (χ2v) is 3.49. The topological polar surface area (TPSA) is 46.2 Å². The molecular formula is C7H14FNO. The first-order chi connectivity index (χ1) is 4.38. The van der Waals surface area contributed by atoms with Crippen LogP contribution in [0.25, 0.3) is 0 Å². The maximum absolute atomic E-state index is 13.4. The summed E-state index contributed by atoms with van der Waals surface area (Å²) in [6, 6.07) is -0.512. The molecule has 1 aliphatic carbocycles. The summed E-state index contributed by atoms with van der Waals surface area (Å²) in [5.41, 5.74) is 2.61. The van der Waals surface area contributed by atoms with E-state index in [1.807, 2.05) is 0 Å². The van der Waals surface area contributed by atoms with E-state index >= 15 is 0 Å². The minimum Gasteiger partial charge on any atom is -0.387 e. The third-order valence-corrected chi connectivity index (χ3v) is 2.69. The molecular weight excluding hydrogens is 133 g/mol. The average molecular weight is 147 g/mol. The molecule has 0 bridgehead atoms. The highest BCUT2D eigenvalue weighted by Crippen LogP contribution is 2.40. The summed E-state index contributed by atoms with van der Waals surface area (Å²) >= 11 is 0. The minimum atomic E-state index is -1.62. The van der Waals surface area contributed by atoms with E-state index in [0.29, 0.717) is 12.8 Å². The maximum atomic E-state index is 13.4. The molecule has 10 heavy (non-hydrogen) atoms. The molecule has 1 fully saturated rings. The lowest BCUT2D eigenvalue weighted by atomic mass is 9.90. The Labute approximate surface area is 60.2 Å². The Morgan fingerprint density at radius 1 is 1.60 bits per heavy atom. The van der Waals surface area contributed by atoms with Crippen LogP contribution in [0.15, 0.2) is 0 Å². The number of nitrogens with two attached hydrogens (primary N) is 1. The van der Waals surface area contributed by atoms with Crippen LogP contribution in [0.5, 0.6) is 0 Å². The lowest BCUT2D eigenvalue weighted by molar-refractivity contribution is -0.0620. The van der Waals surface area contributed by atoms with Crippen molar-refractivity contribution in [1.82, 2.24) is 0 Å². The number of halogens is 1. The molecule has 1 saturated carbocycles. The number of hydrogen-bond donors (Lipinski definition) is 2. The van der Waals surface area contributed by atoms with Gasteiger partial charge in [0, 0.05) is 6.04 Å². The number of alkyl halides is 1. The van der Waals surface area contributed by atoms with Crippen LogP contribution in [0.1, 0.15) is 26.7 Å². The van der Waals surface area contributed by atoms with Gasteiger partial charge in [-0.1, -0.05) is 0 Å². The average Bonchev–Trinajstić information content (AvgIpc) is 1.94. The van der Waals surface area contributed by atoms with Crippen molar-refractivity contribution < 1.29 is 9.50 Å². The van der Waals surface area contributed by atoms with Crippen molar-refractivity contribution in [3.8, 4) is 0 Å². The van der Waals surface area contributed by atoms with E-state index in [9.17, 15) is 9.50 Å². The quantitative estimate of drug-likeness (QED) is 0.526. The zero-order valence-corrected chi connectivity index (χ0v) is 6.39. The Kier molecular flexibility index (Phi) is 1.53. The lowest BCUT2D eigenvalue weighted by Crippen LogP contribution is -2.50. The molecule has 0 amide bonds. The fraction of sp³-hybridized carbons (Fsp3) is 1.00. The van der Waals surface area contributed by atoms with Gasteiger partial charge < -0.3 is 10.8 Å². The molecule has 0 radical (unpaired) electrons. The van der Waals surface area contributed by atoms with Crippen LogP contribution in [-0.4, -0.2) is 22.4 Å². The van der Waals surface area contributed by atoms with Crippen LogP contribution in [0.2, 0.25) is 0 Å². The van der Waals surface area contributed by atoms with Crippen LogP contribution < -0.4 is 5.73 Å². The molecule has 1 rings (SSSR count). The summed E-state index contributed by atoms with van der Waals surface area (Å²) in [5, 5.41) is 9.44. The van der Waals surface area contributed by atoms with Crippen LogP contribution in [0, 0.1) is 0 Å². The molecule has 0 aromatic rings. The molecule has 0 aromatic carbocycles. The van der Waals surface area contributed by atoms with Crippen molar-refractivity contribution in [2.24, 2.45) is 5.73 Å². The van der Waals surface area contributed by atoms with Gasteiger partial charge in [0.1, 0.15) is 0 Å². The summed E-state index contributed by atoms with van der Waals surface area (Å²) < 4.78 is 13.4. The van der Waals surface area contributed by atoms with E-state index in [-0.39, 0.29) is 0 Å². The molecule has 3 heteroatoms. The van der Waals surface area contributed by atoms with Crippen molar-refractivity contribution in [2.75, 3.05) is 0 Å². The van der Waals surface area contributed by atoms with Gasteiger partial charge in [0.15, 0.2) is 5.67 Å². The standard InChI is InChI=1S/C7H14FNO/c1-6(10)4-3-5(9)7(6,2)8/h5,10H,3-4,9H2,1-2H3/t5-,6-,7-/m1/s1. The van der Waals surface area contributed by atoms with Gasteiger partial charge in [-0.15, -0.1) is 0 Å². The molecule has 0 heterocycles. The fourth-order valence-electron chi connectivity index (χ4n) is 1.35. The van der Waals surface area contributed by atoms with Crippen molar-refractivity contribution in [1.29, 1.82) is 0 Å². The van der Waals surface area contributed by atoms with Crippen LogP contribution in [-0.2, 0) is 0 Å². The first kappa shape index (κ1) is 7.95. The smallest absolute Gasteiger partial charge is 0.151 e. The van der Waals surface area contributed by atoms with Gasteiger partial charge in [0.25, 0.3) is 0 Å². The predicted octanol–water partition coefficient (Wildman–Crippen LogP) is 0.587. The maximum Gasteiger partial charge on any atom is 0.151 e. The summed E-state index contributed by atoms with van der Waals surface area (Å²) in [6.07, 6.45) is 1.03.